The van der Waals surface area contributed by atoms with Crippen molar-refractivity contribution in [3.63, 3.8) is 0 Å². The first-order chi connectivity index (χ1) is 6.94. The second-order valence-corrected chi connectivity index (χ2v) is 5.43. The summed E-state index contributed by atoms with van der Waals surface area (Å²) in [5, 5.41) is 2.81. The van der Waals surface area contributed by atoms with E-state index in [0.29, 0.717) is 24.7 Å². The van der Waals surface area contributed by atoms with E-state index in [2.05, 4.69) is 5.32 Å². The zero-order chi connectivity index (χ0) is 11.1. The highest BCUT2D eigenvalue weighted by Gasteiger charge is 2.47. The van der Waals surface area contributed by atoms with Gasteiger partial charge in [0.15, 0.2) is 0 Å². The average molecular weight is 213 g/mol. The Morgan fingerprint density at radius 1 is 1.40 bits per heavy atom. The highest BCUT2D eigenvalue weighted by molar-refractivity contribution is 5.67. The molecule has 86 valence electrons. The first kappa shape index (κ1) is 10.7. The summed E-state index contributed by atoms with van der Waals surface area (Å²) in [6.45, 7) is 6.31. The summed E-state index contributed by atoms with van der Waals surface area (Å²) in [5.41, 5.74) is -0.412. The van der Waals surface area contributed by atoms with Gasteiger partial charge >= 0.3 is 6.09 Å². The van der Waals surface area contributed by atoms with Crippen molar-refractivity contribution in [2.24, 2.45) is 5.92 Å². The Labute approximate surface area is 90.3 Å². The number of epoxide rings is 1. The number of fused-ring (bicyclic) bond motifs is 1. The average Bonchev–Trinajstić information content (AvgIpc) is 2.68. The van der Waals surface area contributed by atoms with Crippen molar-refractivity contribution in [2.45, 2.75) is 51.4 Å². The van der Waals surface area contributed by atoms with Crippen molar-refractivity contribution < 1.29 is 14.3 Å². The van der Waals surface area contributed by atoms with Crippen LogP contribution in [0, 0.1) is 5.92 Å². The Morgan fingerprint density at radius 3 is 2.53 bits per heavy atom. The predicted molar refractivity (Wildman–Crippen MR) is 55.6 cm³/mol. The fourth-order valence-corrected chi connectivity index (χ4v) is 2.06. The van der Waals surface area contributed by atoms with Crippen molar-refractivity contribution in [2.75, 3.05) is 6.54 Å². The molecular weight excluding hydrogens is 194 g/mol. The molecule has 0 aromatic heterocycles. The van der Waals surface area contributed by atoms with Gasteiger partial charge < -0.3 is 14.8 Å². The maximum absolute atomic E-state index is 11.3. The fourth-order valence-electron chi connectivity index (χ4n) is 2.06. The molecule has 4 heteroatoms. The first-order valence-corrected chi connectivity index (χ1v) is 5.56. The number of amides is 1. The molecule has 0 aromatic carbocycles. The maximum Gasteiger partial charge on any atom is 0.407 e. The molecule has 1 aliphatic heterocycles. The van der Waals surface area contributed by atoms with Crippen LogP contribution in [0.4, 0.5) is 4.79 Å². The highest BCUT2D eigenvalue weighted by Crippen LogP contribution is 2.41. The number of rotatable bonds is 2. The molecule has 0 radical (unpaired) electrons. The molecule has 2 fully saturated rings. The van der Waals surface area contributed by atoms with Gasteiger partial charge in [0, 0.05) is 6.54 Å². The van der Waals surface area contributed by atoms with Crippen molar-refractivity contribution in [1.82, 2.24) is 5.32 Å². The molecule has 0 bridgehead atoms. The molecule has 1 saturated carbocycles. The monoisotopic (exact) mass is 213 g/mol. The summed E-state index contributed by atoms with van der Waals surface area (Å²) in [5.74, 6) is 0.571. The standard InChI is InChI=1S/C11H19NO3/c1-11(2,3)15-10(13)12-6-7-4-8-9(5-7)14-8/h7-9H,4-6H2,1-3H3,(H,12,13). The van der Waals surface area contributed by atoms with Gasteiger partial charge in [-0.1, -0.05) is 0 Å². The second kappa shape index (κ2) is 3.67. The van der Waals surface area contributed by atoms with E-state index in [4.69, 9.17) is 9.47 Å². The Balaban J connectivity index is 1.63. The van der Waals surface area contributed by atoms with E-state index in [9.17, 15) is 4.79 Å². The van der Waals surface area contributed by atoms with E-state index in [1.807, 2.05) is 20.8 Å². The quantitative estimate of drug-likeness (QED) is 0.710. The molecule has 1 N–H and O–H groups in total. The van der Waals surface area contributed by atoms with Crippen LogP contribution in [-0.2, 0) is 9.47 Å². The van der Waals surface area contributed by atoms with Gasteiger partial charge in [-0.15, -0.1) is 0 Å². The van der Waals surface area contributed by atoms with Gasteiger partial charge in [-0.05, 0) is 39.5 Å². The molecule has 1 saturated heterocycles. The molecule has 1 amide bonds. The van der Waals surface area contributed by atoms with E-state index >= 15 is 0 Å². The van der Waals surface area contributed by atoms with Gasteiger partial charge in [-0.2, -0.15) is 0 Å². The Kier molecular flexibility index (Phi) is 2.63. The predicted octanol–water partition coefficient (Wildman–Crippen LogP) is 1.69. The highest BCUT2D eigenvalue weighted by atomic mass is 16.6. The van der Waals surface area contributed by atoms with Crippen LogP contribution < -0.4 is 5.32 Å². The number of carbonyl (C=O) groups excluding carboxylic acids is 1. The molecule has 2 atom stereocenters. The molecule has 2 rings (SSSR count). The molecule has 0 aromatic rings. The first-order valence-electron chi connectivity index (χ1n) is 5.56. The lowest BCUT2D eigenvalue weighted by Crippen LogP contribution is -2.35. The van der Waals surface area contributed by atoms with E-state index in [1.54, 1.807) is 0 Å². The number of carbonyl (C=O) groups is 1. The van der Waals surface area contributed by atoms with E-state index in [1.165, 1.54) is 0 Å². The molecule has 15 heavy (non-hydrogen) atoms. The summed E-state index contributed by atoms with van der Waals surface area (Å²) < 4.78 is 10.5. The molecule has 0 spiro atoms. The van der Waals surface area contributed by atoms with Crippen LogP contribution in [-0.4, -0.2) is 30.4 Å². The van der Waals surface area contributed by atoms with Gasteiger partial charge in [-0.25, -0.2) is 4.79 Å². The smallest absolute Gasteiger partial charge is 0.407 e. The van der Waals surface area contributed by atoms with E-state index in [-0.39, 0.29) is 6.09 Å². The van der Waals surface area contributed by atoms with Crippen LogP contribution in [0.2, 0.25) is 0 Å². The van der Waals surface area contributed by atoms with Crippen molar-refractivity contribution in [1.29, 1.82) is 0 Å². The lowest BCUT2D eigenvalue weighted by Gasteiger charge is -2.20. The number of hydrogen-bond donors (Lipinski definition) is 1. The number of alkyl carbamates (subject to hydrolysis) is 1. The number of nitrogens with one attached hydrogen (secondary N) is 1. The molecule has 4 nitrogen and oxygen atoms in total. The van der Waals surface area contributed by atoms with Crippen LogP contribution in [0.3, 0.4) is 0 Å². The number of hydrogen-bond acceptors (Lipinski definition) is 3. The third-order valence-corrected chi connectivity index (χ3v) is 2.75. The summed E-state index contributed by atoms with van der Waals surface area (Å²) in [6, 6.07) is 0. The Bertz CT molecular complexity index is 249. The van der Waals surface area contributed by atoms with E-state index < -0.39 is 5.60 Å². The van der Waals surface area contributed by atoms with Crippen LogP contribution >= 0.6 is 0 Å². The minimum Gasteiger partial charge on any atom is -0.444 e. The second-order valence-electron chi connectivity index (χ2n) is 5.43. The SMILES string of the molecule is CC(C)(C)OC(=O)NCC1CC2OC2C1. The normalized spacial score (nSPS) is 33.4. The largest absolute Gasteiger partial charge is 0.444 e. The minimum atomic E-state index is -0.412. The van der Waals surface area contributed by atoms with Gasteiger partial charge in [0.2, 0.25) is 0 Å². The molecule has 2 aliphatic rings. The van der Waals surface area contributed by atoms with E-state index in [0.717, 1.165) is 12.8 Å². The summed E-state index contributed by atoms with van der Waals surface area (Å²) >= 11 is 0. The zero-order valence-electron chi connectivity index (χ0n) is 9.58. The minimum absolute atomic E-state index is 0.316. The van der Waals surface area contributed by atoms with Crippen LogP contribution in [0.15, 0.2) is 0 Å². The Morgan fingerprint density at radius 2 is 2.00 bits per heavy atom. The molecule has 1 aliphatic carbocycles. The summed E-state index contributed by atoms with van der Waals surface area (Å²) in [7, 11) is 0. The molecular formula is C11H19NO3. The van der Waals surface area contributed by atoms with Crippen LogP contribution in [0.25, 0.3) is 0 Å². The molecule has 1 heterocycles. The lowest BCUT2D eigenvalue weighted by molar-refractivity contribution is 0.0515. The molecule has 2 unspecified atom stereocenters. The lowest BCUT2D eigenvalue weighted by atomic mass is 10.1. The van der Waals surface area contributed by atoms with Crippen molar-refractivity contribution in [3.05, 3.63) is 0 Å². The van der Waals surface area contributed by atoms with Crippen molar-refractivity contribution >= 4 is 6.09 Å². The number of ether oxygens (including phenoxy) is 2. The summed E-state index contributed by atoms with van der Waals surface area (Å²) in [4.78, 5) is 11.3. The maximum atomic E-state index is 11.3. The third kappa shape index (κ3) is 3.09. The zero-order valence-corrected chi connectivity index (χ0v) is 9.58. The van der Waals surface area contributed by atoms with Gasteiger partial charge in [0.1, 0.15) is 5.60 Å². The van der Waals surface area contributed by atoms with Crippen LogP contribution in [0.5, 0.6) is 0 Å². The van der Waals surface area contributed by atoms with Crippen molar-refractivity contribution in [3.8, 4) is 0 Å². The fraction of sp³-hybridized carbons (Fsp3) is 0.909. The van der Waals surface area contributed by atoms with Gasteiger partial charge in [-0.3, -0.25) is 0 Å². The Hall–Kier alpha value is -0.770. The van der Waals surface area contributed by atoms with Gasteiger partial charge in [0.25, 0.3) is 0 Å². The van der Waals surface area contributed by atoms with Crippen LogP contribution in [0.1, 0.15) is 33.6 Å². The topological polar surface area (TPSA) is 50.9 Å². The van der Waals surface area contributed by atoms with Gasteiger partial charge in [0.05, 0.1) is 12.2 Å². The third-order valence-electron chi connectivity index (χ3n) is 2.75. The summed E-state index contributed by atoms with van der Waals surface area (Å²) in [6.07, 6.45) is 2.82.